The summed E-state index contributed by atoms with van der Waals surface area (Å²) in [6, 6.07) is 5.83. The highest BCUT2D eigenvalue weighted by molar-refractivity contribution is 6.00. The van der Waals surface area contributed by atoms with Gasteiger partial charge in [-0.2, -0.15) is 0 Å². The van der Waals surface area contributed by atoms with Crippen LogP contribution in [0.4, 0.5) is 5.69 Å². The summed E-state index contributed by atoms with van der Waals surface area (Å²) < 4.78 is 1.48. The molecule has 1 aromatic carbocycles. The van der Waals surface area contributed by atoms with Gasteiger partial charge >= 0.3 is 0 Å². The first-order chi connectivity index (χ1) is 8.58. The number of nitrogens with one attached hydrogen (secondary N) is 1. The van der Waals surface area contributed by atoms with Crippen LogP contribution in [-0.2, 0) is 0 Å². The number of carbonyl (C=O) groups is 1. The Morgan fingerprint density at radius 3 is 2.94 bits per heavy atom. The highest BCUT2D eigenvalue weighted by Crippen LogP contribution is 2.28. The quantitative estimate of drug-likeness (QED) is 0.574. The van der Waals surface area contributed by atoms with Crippen LogP contribution < -0.4 is 5.32 Å². The number of non-ortho nitro benzene ring substituents is 1. The normalized spacial score (nSPS) is 18.5. The third-order valence-electron chi connectivity index (χ3n) is 3.01. The molecule has 2 N–H and O–H groups in total. The Bertz CT molecular complexity index is 676. The van der Waals surface area contributed by atoms with E-state index in [0.29, 0.717) is 16.6 Å². The highest BCUT2D eigenvalue weighted by Gasteiger charge is 2.26. The van der Waals surface area contributed by atoms with E-state index in [1.807, 2.05) is 0 Å². The molecule has 1 aromatic heterocycles. The van der Waals surface area contributed by atoms with Crippen LogP contribution in [-0.4, -0.2) is 27.0 Å². The van der Waals surface area contributed by atoms with E-state index >= 15 is 0 Å². The second-order valence-electron chi connectivity index (χ2n) is 4.09. The molecular formula is C11H9N3O4. The number of β-amino-alcohol motifs (C(OH)–C–C–N with tert-alkyl or cyclic N) is 1. The molecule has 3 rings (SSSR count). The van der Waals surface area contributed by atoms with Crippen LogP contribution in [0.2, 0.25) is 0 Å². The zero-order chi connectivity index (χ0) is 12.9. The molecule has 1 atom stereocenters. The summed E-state index contributed by atoms with van der Waals surface area (Å²) in [7, 11) is 0. The zero-order valence-electron chi connectivity index (χ0n) is 9.16. The first kappa shape index (κ1) is 10.7. The lowest BCUT2D eigenvalue weighted by Gasteiger charge is -2.22. The van der Waals surface area contributed by atoms with E-state index in [-0.39, 0.29) is 18.1 Å². The van der Waals surface area contributed by atoms with Crippen LogP contribution in [0, 0.1) is 10.1 Å². The molecular weight excluding hydrogens is 238 g/mol. The van der Waals surface area contributed by atoms with Crippen LogP contribution >= 0.6 is 0 Å². The number of aromatic nitrogens is 1. The number of nitrogens with zero attached hydrogens (tertiary/aromatic N) is 2. The molecule has 92 valence electrons. The van der Waals surface area contributed by atoms with Crippen LogP contribution in [0.1, 0.15) is 16.7 Å². The zero-order valence-corrected chi connectivity index (χ0v) is 9.16. The number of aliphatic hydroxyl groups excluding tert-OH is 1. The predicted molar refractivity (Wildman–Crippen MR) is 62.2 cm³/mol. The minimum Gasteiger partial charge on any atom is -0.371 e. The monoisotopic (exact) mass is 247 g/mol. The van der Waals surface area contributed by atoms with Gasteiger partial charge in [-0.3, -0.25) is 14.9 Å². The Kier molecular flexibility index (Phi) is 2.11. The van der Waals surface area contributed by atoms with Gasteiger partial charge in [0.05, 0.1) is 17.0 Å². The van der Waals surface area contributed by atoms with Gasteiger partial charge in [-0.1, -0.05) is 0 Å². The van der Waals surface area contributed by atoms with Crippen molar-refractivity contribution in [1.29, 1.82) is 0 Å². The number of amides is 1. The van der Waals surface area contributed by atoms with Gasteiger partial charge in [0.1, 0.15) is 11.9 Å². The molecule has 2 heterocycles. The standard InChI is InChI=1S/C11H9N3O4/c15-10-5-12-11(16)9-4-6-3-7(14(17)18)1-2-8(6)13(9)10/h1-4,10,15H,5H2,(H,12,16). The van der Waals surface area contributed by atoms with Gasteiger partial charge < -0.3 is 15.0 Å². The van der Waals surface area contributed by atoms with Gasteiger partial charge in [-0.25, -0.2) is 0 Å². The van der Waals surface area contributed by atoms with Gasteiger partial charge in [0.15, 0.2) is 0 Å². The Balaban J connectivity index is 2.29. The molecule has 0 saturated heterocycles. The number of nitro benzene ring substituents is 1. The minimum absolute atomic E-state index is 0.0413. The molecule has 7 nitrogen and oxygen atoms in total. The second-order valence-corrected chi connectivity index (χ2v) is 4.09. The second kappa shape index (κ2) is 3.54. The maximum atomic E-state index is 11.6. The van der Waals surface area contributed by atoms with Gasteiger partial charge in [0.2, 0.25) is 0 Å². The van der Waals surface area contributed by atoms with Crippen molar-refractivity contribution >= 4 is 22.5 Å². The van der Waals surface area contributed by atoms with Crippen LogP contribution in [0.3, 0.4) is 0 Å². The van der Waals surface area contributed by atoms with E-state index in [4.69, 9.17) is 0 Å². The first-order valence-electron chi connectivity index (χ1n) is 5.33. The average molecular weight is 247 g/mol. The summed E-state index contributed by atoms with van der Waals surface area (Å²) in [4.78, 5) is 21.8. The van der Waals surface area contributed by atoms with Gasteiger partial charge in [-0.15, -0.1) is 0 Å². The van der Waals surface area contributed by atoms with Crippen molar-refractivity contribution in [1.82, 2.24) is 9.88 Å². The number of rotatable bonds is 1. The molecule has 18 heavy (non-hydrogen) atoms. The van der Waals surface area contributed by atoms with Crippen molar-refractivity contribution in [3.8, 4) is 0 Å². The predicted octanol–water partition coefficient (Wildman–Crippen LogP) is 0.784. The summed E-state index contributed by atoms with van der Waals surface area (Å²) in [5.74, 6) is -0.292. The summed E-state index contributed by atoms with van der Waals surface area (Å²) in [6.07, 6.45) is -0.850. The third kappa shape index (κ3) is 1.37. The molecule has 1 aliphatic rings. The molecule has 0 spiro atoms. The van der Waals surface area contributed by atoms with E-state index in [0.717, 1.165) is 0 Å². The van der Waals surface area contributed by atoms with Gasteiger partial charge in [-0.05, 0) is 12.1 Å². The molecule has 0 fully saturated rings. The van der Waals surface area contributed by atoms with E-state index in [1.54, 1.807) is 12.1 Å². The van der Waals surface area contributed by atoms with Crippen LogP contribution in [0.15, 0.2) is 24.3 Å². The molecule has 0 radical (unpaired) electrons. The Labute approximate surface area is 101 Å². The molecule has 0 saturated carbocycles. The number of hydrogen-bond acceptors (Lipinski definition) is 4. The van der Waals surface area contributed by atoms with E-state index < -0.39 is 11.2 Å². The largest absolute Gasteiger partial charge is 0.371 e. The van der Waals surface area contributed by atoms with Crippen molar-refractivity contribution in [2.75, 3.05) is 6.54 Å². The molecule has 7 heteroatoms. The SMILES string of the molecule is O=C1NCC(O)n2c1cc1cc([N+](=O)[O-])ccc12. The maximum absolute atomic E-state index is 11.6. The number of carbonyl (C=O) groups excluding carboxylic acids is 1. The molecule has 0 bridgehead atoms. The van der Waals surface area contributed by atoms with Crippen molar-refractivity contribution in [3.05, 3.63) is 40.1 Å². The van der Waals surface area contributed by atoms with Crippen LogP contribution in [0.5, 0.6) is 0 Å². The van der Waals surface area contributed by atoms with E-state index in [9.17, 15) is 20.0 Å². The summed E-state index contributed by atoms with van der Waals surface area (Å²) >= 11 is 0. The Hall–Kier alpha value is -2.41. The van der Waals surface area contributed by atoms with Gasteiger partial charge in [0, 0.05) is 17.5 Å². The molecule has 0 aliphatic carbocycles. The topological polar surface area (TPSA) is 97.4 Å². The van der Waals surface area contributed by atoms with Crippen molar-refractivity contribution in [2.24, 2.45) is 0 Å². The smallest absolute Gasteiger partial charge is 0.270 e. The van der Waals surface area contributed by atoms with Crippen molar-refractivity contribution in [3.63, 3.8) is 0 Å². The Morgan fingerprint density at radius 2 is 2.22 bits per heavy atom. The maximum Gasteiger partial charge on any atom is 0.270 e. The van der Waals surface area contributed by atoms with E-state index in [1.165, 1.54) is 16.7 Å². The number of nitro groups is 1. The third-order valence-corrected chi connectivity index (χ3v) is 3.01. The average Bonchev–Trinajstić information content (AvgIpc) is 2.73. The minimum atomic E-state index is -0.850. The fourth-order valence-corrected chi connectivity index (χ4v) is 2.20. The fourth-order valence-electron chi connectivity index (χ4n) is 2.20. The number of aliphatic hydroxyl groups is 1. The lowest BCUT2D eigenvalue weighted by Crippen LogP contribution is -2.38. The van der Waals surface area contributed by atoms with Crippen LogP contribution in [0.25, 0.3) is 10.9 Å². The number of benzene rings is 1. The van der Waals surface area contributed by atoms with Crippen molar-refractivity contribution in [2.45, 2.75) is 6.23 Å². The summed E-state index contributed by atoms with van der Waals surface area (Å²) in [5.41, 5.74) is 0.877. The molecule has 1 unspecified atom stereocenters. The first-order valence-corrected chi connectivity index (χ1v) is 5.33. The lowest BCUT2D eigenvalue weighted by atomic mass is 10.2. The number of fused-ring (bicyclic) bond motifs is 3. The number of hydrogen-bond donors (Lipinski definition) is 2. The summed E-state index contributed by atoms with van der Waals surface area (Å²) in [6.45, 7) is 0.132. The molecule has 1 aliphatic heterocycles. The highest BCUT2D eigenvalue weighted by atomic mass is 16.6. The Morgan fingerprint density at radius 1 is 1.44 bits per heavy atom. The molecule has 2 aromatic rings. The van der Waals surface area contributed by atoms with Gasteiger partial charge in [0.25, 0.3) is 11.6 Å². The fraction of sp³-hybridized carbons (Fsp3) is 0.182. The molecule has 1 amide bonds. The lowest BCUT2D eigenvalue weighted by molar-refractivity contribution is -0.384. The van der Waals surface area contributed by atoms with Crippen molar-refractivity contribution < 1.29 is 14.8 Å². The van der Waals surface area contributed by atoms with E-state index in [2.05, 4.69) is 5.32 Å². The summed E-state index contributed by atoms with van der Waals surface area (Å²) in [5, 5.41) is 23.7.